The van der Waals surface area contributed by atoms with E-state index in [1.54, 1.807) is 0 Å². The summed E-state index contributed by atoms with van der Waals surface area (Å²) in [4.78, 5) is 3.60. The molecule has 4 aromatic carbocycles. The summed E-state index contributed by atoms with van der Waals surface area (Å²) >= 11 is 1.84. The highest BCUT2D eigenvalue weighted by atomic mass is 32.2. The minimum atomic E-state index is 1.21. The number of para-hydroxylation sites is 1. The lowest BCUT2D eigenvalue weighted by molar-refractivity contribution is -0.399. The molecule has 2 aliphatic heterocycles. The molecule has 0 spiro atoms. The van der Waals surface area contributed by atoms with Gasteiger partial charge in [0.05, 0.1) is 21.9 Å². The molecule has 154 valence electrons. The topological polar surface area (TPSA) is 6.25 Å². The minimum Gasteiger partial charge on any atom is -0.338 e. The summed E-state index contributed by atoms with van der Waals surface area (Å²) < 4.78 is 2.33. The van der Waals surface area contributed by atoms with Gasteiger partial charge < -0.3 is 4.90 Å². The molecule has 0 saturated carbocycles. The fourth-order valence-electron chi connectivity index (χ4n) is 4.66. The smallest absolute Gasteiger partial charge is 0.216 e. The summed E-state index contributed by atoms with van der Waals surface area (Å²) in [6, 6.07) is 32.4. The summed E-state index contributed by atoms with van der Waals surface area (Å²) in [5, 5.41) is 3.81. The number of allylic oxidation sites excluding steroid dienone is 2. The van der Waals surface area contributed by atoms with Gasteiger partial charge in [-0.3, -0.25) is 0 Å². The van der Waals surface area contributed by atoms with E-state index < -0.39 is 0 Å². The van der Waals surface area contributed by atoms with Crippen LogP contribution in [0.2, 0.25) is 0 Å². The van der Waals surface area contributed by atoms with Gasteiger partial charge in [0.25, 0.3) is 0 Å². The average molecular weight is 432 g/mol. The number of hydrogen-bond donors (Lipinski definition) is 0. The SMILES string of the molecule is CN1/C(=C/C2=[N+](C)c3ccc4ccccc4c3/C2=C/c2ccccc2)Sc2ccccc21. The van der Waals surface area contributed by atoms with Crippen LogP contribution in [0.1, 0.15) is 11.1 Å². The van der Waals surface area contributed by atoms with Gasteiger partial charge in [-0.05, 0) is 40.6 Å². The van der Waals surface area contributed by atoms with Gasteiger partial charge >= 0.3 is 0 Å². The van der Waals surface area contributed by atoms with E-state index in [0.29, 0.717) is 0 Å². The molecule has 4 aromatic rings. The van der Waals surface area contributed by atoms with Gasteiger partial charge in [0.2, 0.25) is 11.4 Å². The summed E-state index contributed by atoms with van der Waals surface area (Å²) in [6.07, 6.45) is 4.67. The van der Waals surface area contributed by atoms with Gasteiger partial charge in [0, 0.05) is 24.1 Å². The molecule has 0 N–H and O–H groups in total. The van der Waals surface area contributed by atoms with E-state index in [1.165, 1.54) is 54.5 Å². The van der Waals surface area contributed by atoms with Gasteiger partial charge in [-0.25, -0.2) is 0 Å². The molecule has 3 heteroatoms. The number of hydrogen-bond acceptors (Lipinski definition) is 2. The Kier molecular flexibility index (Phi) is 4.51. The van der Waals surface area contributed by atoms with E-state index in [-0.39, 0.29) is 0 Å². The first kappa shape index (κ1) is 19.1. The molecule has 0 unspecified atom stereocenters. The minimum absolute atomic E-state index is 1.21. The normalized spacial score (nSPS) is 17.5. The fraction of sp³-hybridized carbons (Fsp3) is 0.0690. The Balaban J connectivity index is 1.56. The highest BCUT2D eigenvalue weighted by Gasteiger charge is 2.34. The van der Waals surface area contributed by atoms with Gasteiger partial charge in [0.15, 0.2) is 0 Å². The monoisotopic (exact) mass is 431 g/mol. The van der Waals surface area contributed by atoms with Crippen LogP contribution in [0.3, 0.4) is 0 Å². The standard InChI is InChI=1S/C29H23N2S/c1-30-25-17-16-21-12-6-7-13-22(21)29(25)23(18-20-10-4-3-5-11-20)26(30)19-28-31(2)24-14-8-9-15-27(24)32-28/h3-19H,1-2H3/q+1/b23-18+. The van der Waals surface area contributed by atoms with E-state index in [0.717, 1.165) is 0 Å². The lowest BCUT2D eigenvalue weighted by Crippen LogP contribution is -2.13. The van der Waals surface area contributed by atoms with E-state index in [2.05, 4.69) is 127 Å². The Morgan fingerprint density at radius 1 is 0.781 bits per heavy atom. The van der Waals surface area contributed by atoms with Crippen molar-refractivity contribution in [3.8, 4) is 0 Å². The number of fused-ring (bicyclic) bond motifs is 4. The molecular weight excluding hydrogens is 408 g/mol. The summed E-state index contributed by atoms with van der Waals surface area (Å²) in [7, 11) is 4.34. The van der Waals surface area contributed by atoms with Crippen molar-refractivity contribution in [1.29, 1.82) is 0 Å². The van der Waals surface area contributed by atoms with Crippen molar-refractivity contribution in [2.75, 3.05) is 19.0 Å². The highest BCUT2D eigenvalue weighted by Crippen LogP contribution is 2.46. The average Bonchev–Trinajstić information content (AvgIpc) is 3.29. The number of rotatable bonds is 2. The van der Waals surface area contributed by atoms with Crippen LogP contribution in [-0.2, 0) is 0 Å². The lowest BCUT2D eigenvalue weighted by atomic mass is 9.94. The highest BCUT2D eigenvalue weighted by molar-refractivity contribution is 8.03. The third kappa shape index (κ3) is 3.01. The maximum Gasteiger partial charge on any atom is 0.216 e. The third-order valence-corrected chi connectivity index (χ3v) is 7.48. The van der Waals surface area contributed by atoms with Crippen molar-refractivity contribution in [3.05, 3.63) is 113 Å². The van der Waals surface area contributed by atoms with Crippen LogP contribution in [-0.4, -0.2) is 24.4 Å². The van der Waals surface area contributed by atoms with E-state index >= 15 is 0 Å². The zero-order chi connectivity index (χ0) is 21.7. The molecule has 0 aliphatic carbocycles. The van der Waals surface area contributed by atoms with Crippen LogP contribution >= 0.6 is 11.8 Å². The maximum absolute atomic E-state index is 2.34. The molecule has 32 heavy (non-hydrogen) atoms. The predicted molar refractivity (Wildman–Crippen MR) is 138 cm³/mol. The molecular formula is C29H23N2S+. The van der Waals surface area contributed by atoms with Crippen LogP contribution in [0.4, 0.5) is 11.4 Å². The predicted octanol–water partition coefficient (Wildman–Crippen LogP) is 7.19. The fourth-order valence-corrected chi connectivity index (χ4v) is 5.75. The molecule has 0 saturated heterocycles. The first-order valence-corrected chi connectivity index (χ1v) is 11.6. The molecule has 2 aliphatic rings. The maximum atomic E-state index is 2.34. The quantitative estimate of drug-likeness (QED) is 0.310. The first-order valence-electron chi connectivity index (χ1n) is 10.8. The number of anilines is 1. The molecule has 6 rings (SSSR count). The van der Waals surface area contributed by atoms with E-state index in [9.17, 15) is 0 Å². The Bertz CT molecular complexity index is 1460. The van der Waals surface area contributed by atoms with Gasteiger partial charge in [0.1, 0.15) is 7.05 Å². The summed E-state index contributed by atoms with van der Waals surface area (Å²) in [5.74, 6) is 0. The van der Waals surface area contributed by atoms with Crippen LogP contribution < -0.4 is 4.90 Å². The molecule has 0 bridgehead atoms. The Morgan fingerprint density at radius 2 is 1.53 bits per heavy atom. The molecule has 0 fully saturated rings. The molecule has 2 nitrogen and oxygen atoms in total. The first-order chi connectivity index (χ1) is 15.7. The second-order valence-corrected chi connectivity index (χ2v) is 9.27. The van der Waals surface area contributed by atoms with Crippen LogP contribution in [0.15, 0.2) is 107 Å². The largest absolute Gasteiger partial charge is 0.338 e. The Morgan fingerprint density at radius 3 is 2.38 bits per heavy atom. The van der Waals surface area contributed by atoms with Gasteiger partial charge in [-0.1, -0.05) is 78.5 Å². The van der Waals surface area contributed by atoms with Crippen molar-refractivity contribution >= 4 is 51.3 Å². The molecule has 0 aromatic heterocycles. The zero-order valence-corrected chi connectivity index (χ0v) is 18.9. The van der Waals surface area contributed by atoms with E-state index in [1.807, 2.05) is 11.8 Å². The van der Waals surface area contributed by atoms with Gasteiger partial charge in [-0.15, -0.1) is 0 Å². The Hall–Kier alpha value is -3.56. The zero-order valence-electron chi connectivity index (χ0n) is 18.1. The second-order valence-electron chi connectivity index (χ2n) is 8.21. The molecule has 2 heterocycles. The summed E-state index contributed by atoms with van der Waals surface area (Å²) in [5.41, 5.74) is 7.53. The number of nitrogens with zero attached hydrogens (tertiary/aromatic N) is 2. The van der Waals surface area contributed by atoms with E-state index in [4.69, 9.17) is 0 Å². The van der Waals surface area contributed by atoms with Crippen molar-refractivity contribution < 1.29 is 4.58 Å². The van der Waals surface area contributed by atoms with Crippen molar-refractivity contribution in [1.82, 2.24) is 0 Å². The van der Waals surface area contributed by atoms with Crippen LogP contribution in [0.25, 0.3) is 22.4 Å². The third-order valence-electron chi connectivity index (χ3n) is 6.32. The van der Waals surface area contributed by atoms with Crippen molar-refractivity contribution in [3.63, 3.8) is 0 Å². The van der Waals surface area contributed by atoms with Crippen molar-refractivity contribution in [2.45, 2.75) is 4.90 Å². The summed E-state index contributed by atoms with van der Waals surface area (Å²) in [6.45, 7) is 0. The van der Waals surface area contributed by atoms with Gasteiger partial charge in [-0.2, -0.15) is 4.58 Å². The van der Waals surface area contributed by atoms with Crippen molar-refractivity contribution in [2.24, 2.45) is 0 Å². The lowest BCUT2D eigenvalue weighted by Gasteiger charge is -2.13. The van der Waals surface area contributed by atoms with Crippen LogP contribution in [0, 0.1) is 0 Å². The molecule has 0 atom stereocenters. The molecule has 0 radical (unpaired) electrons. The van der Waals surface area contributed by atoms with Crippen LogP contribution in [0.5, 0.6) is 0 Å². The Labute approximate surface area is 192 Å². The molecule has 0 amide bonds. The number of thioether (sulfide) groups is 1. The number of benzene rings is 4. The second kappa shape index (κ2) is 7.54.